The number of rotatable bonds is 1. The summed E-state index contributed by atoms with van der Waals surface area (Å²) in [7, 11) is 2.12. The number of morpholine rings is 1. The SMILES string of the molecule is CN1c2cc(N3CCOCC3)ccc2C(C)(C)C12C=Nc1c(ccc3ccccc13)O2. The van der Waals surface area contributed by atoms with E-state index in [0.29, 0.717) is 0 Å². The van der Waals surface area contributed by atoms with Gasteiger partial charge in [0.25, 0.3) is 0 Å². The summed E-state index contributed by atoms with van der Waals surface area (Å²) in [5, 5.41) is 2.30. The molecule has 158 valence electrons. The van der Waals surface area contributed by atoms with Crippen molar-refractivity contribution in [2.75, 3.05) is 43.2 Å². The molecule has 1 atom stereocenters. The first-order valence-corrected chi connectivity index (χ1v) is 11.0. The minimum Gasteiger partial charge on any atom is -0.459 e. The molecular weight excluding hydrogens is 386 g/mol. The first-order valence-electron chi connectivity index (χ1n) is 11.0. The van der Waals surface area contributed by atoms with Gasteiger partial charge in [0.2, 0.25) is 5.72 Å². The first-order chi connectivity index (χ1) is 15.0. The van der Waals surface area contributed by atoms with Crippen LogP contribution in [-0.2, 0) is 10.2 Å². The van der Waals surface area contributed by atoms with E-state index in [1.807, 2.05) is 6.21 Å². The van der Waals surface area contributed by atoms with Gasteiger partial charge in [-0.1, -0.05) is 36.4 Å². The smallest absolute Gasteiger partial charge is 0.228 e. The Kier molecular flexibility index (Phi) is 3.90. The highest BCUT2D eigenvalue weighted by Crippen LogP contribution is 2.54. The molecule has 1 fully saturated rings. The highest BCUT2D eigenvalue weighted by molar-refractivity contribution is 5.99. The van der Waals surface area contributed by atoms with Crippen LogP contribution < -0.4 is 14.5 Å². The van der Waals surface area contributed by atoms with E-state index in [-0.39, 0.29) is 5.41 Å². The average Bonchev–Trinajstić information content (AvgIpc) is 2.97. The van der Waals surface area contributed by atoms with Crippen LogP contribution in [0.1, 0.15) is 19.4 Å². The molecule has 1 spiro atoms. The number of fused-ring (bicyclic) bond motifs is 4. The van der Waals surface area contributed by atoms with Gasteiger partial charge in [0, 0.05) is 36.9 Å². The van der Waals surface area contributed by atoms with E-state index in [9.17, 15) is 0 Å². The Morgan fingerprint density at radius 1 is 0.968 bits per heavy atom. The number of anilines is 2. The number of ether oxygens (including phenoxy) is 2. The molecule has 3 aliphatic rings. The van der Waals surface area contributed by atoms with Crippen LogP contribution >= 0.6 is 0 Å². The molecule has 3 aromatic rings. The lowest BCUT2D eigenvalue weighted by Gasteiger charge is -2.45. The maximum atomic E-state index is 6.83. The molecule has 31 heavy (non-hydrogen) atoms. The molecule has 1 saturated heterocycles. The Labute approximate surface area is 182 Å². The summed E-state index contributed by atoms with van der Waals surface area (Å²) in [5.41, 5.74) is 3.69. The number of hydrogen-bond donors (Lipinski definition) is 0. The first kappa shape index (κ1) is 18.7. The van der Waals surface area contributed by atoms with Gasteiger partial charge >= 0.3 is 0 Å². The third-order valence-corrected chi connectivity index (χ3v) is 7.28. The lowest BCUT2D eigenvalue weighted by Crippen LogP contribution is -2.61. The fourth-order valence-corrected chi connectivity index (χ4v) is 5.38. The largest absolute Gasteiger partial charge is 0.459 e. The van der Waals surface area contributed by atoms with E-state index < -0.39 is 5.72 Å². The summed E-state index contributed by atoms with van der Waals surface area (Å²) >= 11 is 0. The van der Waals surface area contributed by atoms with Crippen molar-refractivity contribution in [2.45, 2.75) is 25.0 Å². The second-order valence-corrected chi connectivity index (χ2v) is 9.18. The molecule has 0 radical (unpaired) electrons. The molecule has 6 rings (SSSR count). The Hall–Kier alpha value is -3.05. The van der Waals surface area contributed by atoms with Crippen LogP contribution in [0.15, 0.2) is 59.6 Å². The quantitative estimate of drug-likeness (QED) is 0.569. The normalized spacial score (nSPS) is 23.7. The topological polar surface area (TPSA) is 37.3 Å². The van der Waals surface area contributed by atoms with E-state index in [2.05, 4.69) is 85.3 Å². The van der Waals surface area contributed by atoms with E-state index in [1.165, 1.54) is 22.3 Å². The molecule has 3 aromatic carbocycles. The monoisotopic (exact) mass is 413 g/mol. The van der Waals surface area contributed by atoms with Crippen LogP contribution in [-0.4, -0.2) is 45.3 Å². The Bertz CT molecular complexity index is 1210. The number of benzene rings is 3. The van der Waals surface area contributed by atoms with Gasteiger partial charge in [0.05, 0.1) is 24.8 Å². The van der Waals surface area contributed by atoms with Crippen molar-refractivity contribution in [3.63, 3.8) is 0 Å². The molecule has 5 nitrogen and oxygen atoms in total. The van der Waals surface area contributed by atoms with Gasteiger partial charge in [0.1, 0.15) is 11.4 Å². The standard InChI is InChI=1S/C26H27N3O2/c1-25(2)21-10-9-19(29-12-14-30-15-13-29)16-22(21)28(3)26(25)17-27-24-20-7-5-4-6-18(20)8-11-23(24)31-26/h4-11,16-17H,12-15H2,1-3H3. The van der Waals surface area contributed by atoms with E-state index in [1.54, 1.807) is 0 Å². The van der Waals surface area contributed by atoms with Crippen molar-refractivity contribution in [2.24, 2.45) is 4.99 Å². The van der Waals surface area contributed by atoms with Crippen molar-refractivity contribution in [3.8, 4) is 5.75 Å². The zero-order chi connectivity index (χ0) is 21.2. The third-order valence-electron chi connectivity index (χ3n) is 7.28. The second-order valence-electron chi connectivity index (χ2n) is 9.18. The second kappa shape index (κ2) is 6.47. The predicted octanol–water partition coefficient (Wildman–Crippen LogP) is 4.90. The van der Waals surface area contributed by atoms with E-state index in [4.69, 9.17) is 14.5 Å². The average molecular weight is 414 g/mol. The number of aliphatic imine (C=N–C) groups is 1. The zero-order valence-corrected chi connectivity index (χ0v) is 18.3. The summed E-state index contributed by atoms with van der Waals surface area (Å²) in [5.74, 6) is 0.835. The highest BCUT2D eigenvalue weighted by Gasteiger charge is 2.58. The molecule has 3 aliphatic heterocycles. The van der Waals surface area contributed by atoms with Gasteiger partial charge in [-0.15, -0.1) is 0 Å². The number of likely N-dealkylation sites (N-methyl/N-ethyl adjacent to an activating group) is 1. The van der Waals surface area contributed by atoms with Gasteiger partial charge in [-0.05, 0) is 43.0 Å². The predicted molar refractivity (Wildman–Crippen MR) is 126 cm³/mol. The Morgan fingerprint density at radius 3 is 2.61 bits per heavy atom. The van der Waals surface area contributed by atoms with Crippen molar-refractivity contribution < 1.29 is 9.47 Å². The summed E-state index contributed by atoms with van der Waals surface area (Å²) in [6.07, 6.45) is 2.01. The highest BCUT2D eigenvalue weighted by atomic mass is 16.5. The number of nitrogens with zero attached hydrogens (tertiary/aromatic N) is 3. The molecule has 1 unspecified atom stereocenters. The van der Waals surface area contributed by atoms with Gasteiger partial charge in [-0.25, -0.2) is 0 Å². The molecular formula is C26H27N3O2. The zero-order valence-electron chi connectivity index (χ0n) is 18.3. The Morgan fingerprint density at radius 2 is 1.77 bits per heavy atom. The molecule has 0 N–H and O–H groups in total. The van der Waals surface area contributed by atoms with Crippen LogP contribution in [0.2, 0.25) is 0 Å². The molecule has 0 aromatic heterocycles. The van der Waals surface area contributed by atoms with Crippen molar-refractivity contribution >= 4 is 34.0 Å². The molecule has 3 heterocycles. The fourth-order valence-electron chi connectivity index (χ4n) is 5.38. The third kappa shape index (κ3) is 2.50. The van der Waals surface area contributed by atoms with Crippen LogP contribution in [0.4, 0.5) is 17.1 Å². The van der Waals surface area contributed by atoms with Crippen LogP contribution in [0.3, 0.4) is 0 Å². The molecule has 0 bridgehead atoms. The van der Waals surface area contributed by atoms with Gasteiger partial charge in [-0.3, -0.25) is 4.99 Å². The lowest BCUT2D eigenvalue weighted by molar-refractivity contribution is 0.0826. The molecule has 0 aliphatic carbocycles. The summed E-state index contributed by atoms with van der Waals surface area (Å²) < 4.78 is 12.4. The summed E-state index contributed by atoms with van der Waals surface area (Å²) in [6, 6.07) is 19.3. The molecule has 0 amide bonds. The minimum atomic E-state index is -0.672. The Balaban J connectivity index is 1.44. The minimum absolute atomic E-state index is 0.270. The van der Waals surface area contributed by atoms with Crippen molar-refractivity contribution in [1.82, 2.24) is 0 Å². The van der Waals surface area contributed by atoms with Gasteiger partial charge in [-0.2, -0.15) is 0 Å². The fraction of sp³-hybridized carbons (Fsp3) is 0.346. The van der Waals surface area contributed by atoms with E-state index in [0.717, 1.165) is 43.1 Å². The van der Waals surface area contributed by atoms with Crippen molar-refractivity contribution in [3.05, 3.63) is 60.2 Å². The van der Waals surface area contributed by atoms with Crippen molar-refractivity contribution in [1.29, 1.82) is 0 Å². The summed E-state index contributed by atoms with van der Waals surface area (Å²) in [6.45, 7) is 7.92. The van der Waals surface area contributed by atoms with Crippen LogP contribution in [0, 0.1) is 0 Å². The summed E-state index contributed by atoms with van der Waals surface area (Å²) in [4.78, 5) is 9.63. The molecule has 5 heteroatoms. The van der Waals surface area contributed by atoms with Gasteiger partial charge < -0.3 is 19.3 Å². The van der Waals surface area contributed by atoms with E-state index >= 15 is 0 Å². The van der Waals surface area contributed by atoms with Crippen LogP contribution in [0.5, 0.6) is 5.75 Å². The lowest BCUT2D eigenvalue weighted by atomic mass is 9.77. The van der Waals surface area contributed by atoms with Gasteiger partial charge in [0.15, 0.2) is 0 Å². The van der Waals surface area contributed by atoms with Crippen LogP contribution in [0.25, 0.3) is 10.8 Å². The maximum Gasteiger partial charge on any atom is 0.228 e. The molecule has 0 saturated carbocycles. The maximum absolute atomic E-state index is 6.83. The number of hydrogen-bond acceptors (Lipinski definition) is 5.